The largest absolute Gasteiger partial charge is 0.313 e. The molecule has 0 aromatic rings. The number of nitrogens with zero attached hydrogens (tertiary/aromatic N) is 1. The summed E-state index contributed by atoms with van der Waals surface area (Å²) in [5.74, 6) is 1.69. The van der Waals surface area contributed by atoms with Crippen molar-refractivity contribution < 1.29 is 0 Å². The Kier molecular flexibility index (Phi) is 4.48. The third-order valence-corrected chi connectivity index (χ3v) is 5.11. The molecule has 2 nitrogen and oxygen atoms in total. The van der Waals surface area contributed by atoms with Crippen LogP contribution in [0.5, 0.6) is 0 Å². The maximum Gasteiger partial charge on any atom is 0.00988 e. The Morgan fingerprint density at radius 1 is 1.18 bits per heavy atom. The summed E-state index contributed by atoms with van der Waals surface area (Å²) >= 11 is 0. The molecule has 2 rings (SSSR count). The van der Waals surface area contributed by atoms with Gasteiger partial charge in [-0.3, -0.25) is 0 Å². The minimum Gasteiger partial charge on any atom is -0.313 e. The average molecular weight is 238 g/mol. The molecule has 0 aliphatic carbocycles. The van der Waals surface area contributed by atoms with Gasteiger partial charge < -0.3 is 10.2 Å². The maximum atomic E-state index is 3.80. The molecule has 100 valence electrons. The average Bonchev–Trinajstić information content (AvgIpc) is 2.53. The fourth-order valence-electron chi connectivity index (χ4n) is 3.86. The van der Waals surface area contributed by atoms with Gasteiger partial charge in [0.15, 0.2) is 0 Å². The van der Waals surface area contributed by atoms with Crippen LogP contribution in [-0.2, 0) is 0 Å². The van der Waals surface area contributed by atoms with E-state index in [9.17, 15) is 0 Å². The van der Waals surface area contributed by atoms with E-state index in [2.05, 4.69) is 38.0 Å². The van der Waals surface area contributed by atoms with Gasteiger partial charge in [0.05, 0.1) is 0 Å². The van der Waals surface area contributed by atoms with Crippen LogP contribution in [0.1, 0.15) is 52.9 Å². The summed E-state index contributed by atoms with van der Waals surface area (Å²) in [6.07, 6.45) is 7.00. The van der Waals surface area contributed by atoms with E-state index >= 15 is 0 Å². The Morgan fingerprint density at radius 2 is 1.76 bits per heavy atom. The smallest absolute Gasteiger partial charge is 0.00988 e. The monoisotopic (exact) mass is 238 g/mol. The van der Waals surface area contributed by atoms with Crippen molar-refractivity contribution >= 4 is 0 Å². The number of piperidine rings is 1. The number of nitrogens with one attached hydrogen (secondary N) is 1. The maximum absolute atomic E-state index is 3.80. The molecule has 2 bridgehead atoms. The first-order chi connectivity index (χ1) is 8.11. The minimum atomic E-state index is 0.715. The molecule has 2 fully saturated rings. The first kappa shape index (κ1) is 13.4. The molecular formula is C15H30N2. The van der Waals surface area contributed by atoms with Crippen LogP contribution in [0.15, 0.2) is 0 Å². The summed E-state index contributed by atoms with van der Waals surface area (Å²) < 4.78 is 0. The lowest BCUT2D eigenvalue weighted by Gasteiger charge is -2.37. The third kappa shape index (κ3) is 3.03. The van der Waals surface area contributed by atoms with Crippen molar-refractivity contribution in [3.05, 3.63) is 0 Å². The van der Waals surface area contributed by atoms with E-state index in [1.807, 2.05) is 0 Å². The van der Waals surface area contributed by atoms with Crippen molar-refractivity contribution in [2.75, 3.05) is 13.6 Å². The molecule has 2 heterocycles. The normalized spacial score (nSPS) is 35.5. The standard InChI is InChI=1S/C15H30N2/c1-5-15(11(2)3)16-10-12-8-13-6-7-14(9-12)17(13)4/h11-16H,5-10H2,1-4H3. The molecular weight excluding hydrogens is 208 g/mol. The van der Waals surface area contributed by atoms with Gasteiger partial charge in [0.2, 0.25) is 0 Å². The van der Waals surface area contributed by atoms with Crippen molar-refractivity contribution in [1.82, 2.24) is 10.2 Å². The molecule has 0 aromatic heterocycles. The molecule has 2 heteroatoms. The number of hydrogen-bond donors (Lipinski definition) is 1. The highest BCUT2D eigenvalue weighted by molar-refractivity contribution is 4.94. The number of hydrogen-bond acceptors (Lipinski definition) is 2. The molecule has 0 radical (unpaired) electrons. The molecule has 0 saturated carbocycles. The molecule has 0 amide bonds. The van der Waals surface area contributed by atoms with Gasteiger partial charge in [0.1, 0.15) is 0 Å². The minimum absolute atomic E-state index is 0.715. The van der Waals surface area contributed by atoms with E-state index in [-0.39, 0.29) is 0 Å². The molecule has 2 aliphatic rings. The van der Waals surface area contributed by atoms with Crippen LogP contribution in [0.4, 0.5) is 0 Å². The second-order valence-corrected chi connectivity index (χ2v) is 6.55. The first-order valence-corrected chi connectivity index (χ1v) is 7.57. The number of fused-ring (bicyclic) bond motifs is 2. The van der Waals surface area contributed by atoms with E-state index in [1.54, 1.807) is 0 Å². The summed E-state index contributed by atoms with van der Waals surface area (Å²) in [6.45, 7) is 8.21. The summed E-state index contributed by atoms with van der Waals surface area (Å²) in [7, 11) is 2.33. The fourth-order valence-corrected chi connectivity index (χ4v) is 3.86. The Balaban J connectivity index is 1.77. The summed E-state index contributed by atoms with van der Waals surface area (Å²) in [5, 5.41) is 3.80. The topological polar surface area (TPSA) is 15.3 Å². The van der Waals surface area contributed by atoms with E-state index in [0.29, 0.717) is 6.04 Å². The quantitative estimate of drug-likeness (QED) is 0.792. The summed E-state index contributed by atoms with van der Waals surface area (Å²) in [5.41, 5.74) is 0. The van der Waals surface area contributed by atoms with Gasteiger partial charge in [-0.2, -0.15) is 0 Å². The van der Waals surface area contributed by atoms with Gasteiger partial charge in [0, 0.05) is 18.1 Å². The molecule has 3 unspecified atom stereocenters. The van der Waals surface area contributed by atoms with Crippen LogP contribution in [0, 0.1) is 11.8 Å². The van der Waals surface area contributed by atoms with Gasteiger partial charge >= 0.3 is 0 Å². The van der Waals surface area contributed by atoms with Crippen molar-refractivity contribution in [2.45, 2.75) is 71.0 Å². The van der Waals surface area contributed by atoms with Crippen molar-refractivity contribution in [2.24, 2.45) is 11.8 Å². The molecule has 0 spiro atoms. The fraction of sp³-hybridized carbons (Fsp3) is 1.00. The Morgan fingerprint density at radius 3 is 2.24 bits per heavy atom. The van der Waals surface area contributed by atoms with Crippen molar-refractivity contribution in [3.63, 3.8) is 0 Å². The third-order valence-electron chi connectivity index (χ3n) is 5.11. The van der Waals surface area contributed by atoms with Crippen LogP contribution in [0.2, 0.25) is 0 Å². The zero-order chi connectivity index (χ0) is 12.4. The van der Waals surface area contributed by atoms with Crippen molar-refractivity contribution in [3.8, 4) is 0 Å². The van der Waals surface area contributed by atoms with Crippen LogP contribution < -0.4 is 5.32 Å². The Bertz CT molecular complexity index is 225. The number of rotatable bonds is 5. The lowest BCUT2D eigenvalue weighted by molar-refractivity contribution is 0.129. The summed E-state index contributed by atoms with van der Waals surface area (Å²) in [4.78, 5) is 2.64. The zero-order valence-corrected chi connectivity index (χ0v) is 12.1. The highest BCUT2D eigenvalue weighted by Gasteiger charge is 2.38. The van der Waals surface area contributed by atoms with Crippen LogP contribution in [-0.4, -0.2) is 36.6 Å². The van der Waals surface area contributed by atoms with Gasteiger partial charge in [-0.05, 0) is 57.5 Å². The van der Waals surface area contributed by atoms with E-state index in [4.69, 9.17) is 0 Å². The van der Waals surface area contributed by atoms with Gasteiger partial charge in [0.25, 0.3) is 0 Å². The molecule has 1 N–H and O–H groups in total. The van der Waals surface area contributed by atoms with E-state index in [0.717, 1.165) is 23.9 Å². The zero-order valence-electron chi connectivity index (χ0n) is 12.1. The van der Waals surface area contributed by atoms with E-state index < -0.39 is 0 Å². The second-order valence-electron chi connectivity index (χ2n) is 6.55. The van der Waals surface area contributed by atoms with Crippen LogP contribution in [0.3, 0.4) is 0 Å². The highest BCUT2D eigenvalue weighted by atomic mass is 15.2. The molecule has 3 atom stereocenters. The van der Waals surface area contributed by atoms with Gasteiger partial charge in [-0.15, -0.1) is 0 Å². The molecule has 2 saturated heterocycles. The lowest BCUT2D eigenvalue weighted by atomic mass is 9.90. The summed E-state index contributed by atoms with van der Waals surface area (Å²) in [6, 6.07) is 2.49. The molecule has 17 heavy (non-hydrogen) atoms. The predicted octanol–water partition coefficient (Wildman–Crippen LogP) is 2.88. The highest BCUT2D eigenvalue weighted by Crippen LogP contribution is 2.37. The first-order valence-electron chi connectivity index (χ1n) is 7.57. The molecule has 0 aromatic carbocycles. The van der Waals surface area contributed by atoms with Crippen LogP contribution in [0.25, 0.3) is 0 Å². The van der Waals surface area contributed by atoms with Gasteiger partial charge in [-0.1, -0.05) is 20.8 Å². The van der Waals surface area contributed by atoms with Crippen molar-refractivity contribution in [1.29, 1.82) is 0 Å². The lowest BCUT2D eigenvalue weighted by Crippen LogP contribution is -2.44. The molecule has 2 aliphatic heterocycles. The Labute approximate surface area is 107 Å². The van der Waals surface area contributed by atoms with Crippen LogP contribution >= 0.6 is 0 Å². The predicted molar refractivity (Wildman–Crippen MR) is 74.2 cm³/mol. The SMILES string of the molecule is CCC(NCC1CC2CCC(C1)N2C)C(C)C. The Hall–Kier alpha value is -0.0800. The van der Waals surface area contributed by atoms with Gasteiger partial charge in [-0.25, -0.2) is 0 Å². The van der Waals surface area contributed by atoms with E-state index in [1.165, 1.54) is 38.6 Å². The second kappa shape index (κ2) is 5.71.